The molecule has 38 heavy (non-hydrogen) atoms. The summed E-state index contributed by atoms with van der Waals surface area (Å²) in [6, 6.07) is 12.6. The van der Waals surface area contributed by atoms with Crippen molar-refractivity contribution in [3.8, 4) is 0 Å². The van der Waals surface area contributed by atoms with Crippen LogP contribution in [0.1, 0.15) is 36.8 Å². The number of carbonyl (C=O) groups is 4. The summed E-state index contributed by atoms with van der Waals surface area (Å²) in [6.07, 6.45) is -2.97. The van der Waals surface area contributed by atoms with Crippen LogP contribution in [0.5, 0.6) is 0 Å². The number of non-ortho nitro benzene ring substituents is 1. The van der Waals surface area contributed by atoms with Crippen molar-refractivity contribution >= 4 is 29.6 Å². The van der Waals surface area contributed by atoms with Gasteiger partial charge in [0.2, 0.25) is 11.8 Å². The van der Waals surface area contributed by atoms with Crippen molar-refractivity contribution in [3.63, 3.8) is 0 Å². The Bertz CT molecular complexity index is 1110. The molecule has 13 heteroatoms. The zero-order valence-electron chi connectivity index (χ0n) is 20.7. The van der Waals surface area contributed by atoms with Gasteiger partial charge in [-0.05, 0) is 18.1 Å². The number of nitro groups is 1. The van der Waals surface area contributed by atoms with Crippen LogP contribution < -0.4 is 16.4 Å². The first kappa shape index (κ1) is 29.7. The largest absolute Gasteiger partial charge is 0.466 e. The Morgan fingerprint density at radius 1 is 1.03 bits per heavy atom. The van der Waals surface area contributed by atoms with Gasteiger partial charge in [0.05, 0.1) is 30.5 Å². The number of benzene rings is 2. The van der Waals surface area contributed by atoms with Crippen molar-refractivity contribution in [2.45, 2.75) is 44.4 Å². The van der Waals surface area contributed by atoms with Gasteiger partial charge in [0.15, 0.2) is 0 Å². The highest BCUT2D eigenvalue weighted by Gasteiger charge is 2.32. The Labute approximate surface area is 218 Å². The maximum atomic E-state index is 12.6. The Hall–Kier alpha value is -4.52. The number of aliphatic hydroxyl groups is 1. The van der Waals surface area contributed by atoms with Gasteiger partial charge in [-0.15, -0.1) is 0 Å². The predicted octanol–water partition coefficient (Wildman–Crippen LogP) is 1.28. The smallest absolute Gasteiger partial charge is 0.407 e. The van der Waals surface area contributed by atoms with E-state index < -0.39 is 53.3 Å². The average Bonchev–Trinajstić information content (AvgIpc) is 2.89. The summed E-state index contributed by atoms with van der Waals surface area (Å²) >= 11 is 0. The molecule has 0 radical (unpaired) electrons. The van der Waals surface area contributed by atoms with Crippen LogP contribution in [0, 0.1) is 10.1 Å². The fourth-order valence-corrected chi connectivity index (χ4v) is 3.53. The van der Waals surface area contributed by atoms with E-state index in [2.05, 4.69) is 10.6 Å². The molecule has 0 aliphatic rings. The second-order valence-electron chi connectivity index (χ2n) is 8.21. The lowest BCUT2D eigenvalue weighted by Crippen LogP contribution is -2.49. The molecule has 0 spiro atoms. The molecule has 3 amide bonds. The highest BCUT2D eigenvalue weighted by atomic mass is 16.6. The molecule has 2 aromatic carbocycles. The molecule has 0 saturated carbocycles. The lowest BCUT2D eigenvalue weighted by molar-refractivity contribution is -0.384. The third-order valence-electron chi connectivity index (χ3n) is 5.37. The van der Waals surface area contributed by atoms with E-state index in [1.807, 2.05) is 6.07 Å². The molecular weight excluding hydrogens is 500 g/mol. The Morgan fingerprint density at radius 3 is 2.26 bits per heavy atom. The zero-order chi connectivity index (χ0) is 28.1. The van der Waals surface area contributed by atoms with Crippen molar-refractivity contribution in [1.29, 1.82) is 0 Å². The lowest BCUT2D eigenvalue weighted by Gasteiger charge is -2.26. The van der Waals surface area contributed by atoms with Crippen LogP contribution in [0.25, 0.3) is 0 Å². The average molecular weight is 531 g/mol. The van der Waals surface area contributed by atoms with Gasteiger partial charge >= 0.3 is 12.1 Å². The van der Waals surface area contributed by atoms with Gasteiger partial charge in [-0.1, -0.05) is 42.5 Å². The summed E-state index contributed by atoms with van der Waals surface area (Å²) in [5.74, 6) is -3.42. The van der Waals surface area contributed by atoms with E-state index in [0.717, 1.165) is 5.56 Å². The first-order chi connectivity index (χ1) is 18.1. The molecule has 0 bridgehead atoms. The molecule has 2 rings (SSSR count). The minimum absolute atomic E-state index is 0.0219. The SMILES string of the molecule is CCOC(=O)C[C@@H](c1ccc([N+](=O)[O-])cc1)[C@@H](NC(=O)C[C@@H](O)CNC(=O)OCc1ccccc1)C(N)=O. The maximum absolute atomic E-state index is 12.6. The molecule has 0 saturated heterocycles. The predicted molar refractivity (Wildman–Crippen MR) is 133 cm³/mol. The number of nitrogens with one attached hydrogen (secondary N) is 2. The number of hydrogen-bond acceptors (Lipinski definition) is 9. The molecule has 204 valence electrons. The van der Waals surface area contributed by atoms with Crippen molar-refractivity contribution in [2.24, 2.45) is 5.73 Å². The van der Waals surface area contributed by atoms with E-state index in [9.17, 15) is 34.4 Å². The molecule has 5 N–H and O–H groups in total. The number of esters is 1. The van der Waals surface area contributed by atoms with Crippen LogP contribution in [-0.4, -0.2) is 59.2 Å². The molecule has 0 aromatic heterocycles. The Kier molecular flexibility index (Phi) is 11.6. The van der Waals surface area contributed by atoms with Crippen LogP contribution in [0.3, 0.4) is 0 Å². The van der Waals surface area contributed by atoms with Crippen molar-refractivity contribution < 1.29 is 38.7 Å². The number of carbonyl (C=O) groups excluding carboxylic acids is 4. The first-order valence-electron chi connectivity index (χ1n) is 11.7. The highest BCUT2D eigenvalue weighted by Crippen LogP contribution is 2.26. The van der Waals surface area contributed by atoms with Crippen molar-refractivity contribution in [2.75, 3.05) is 13.2 Å². The summed E-state index contributed by atoms with van der Waals surface area (Å²) < 4.78 is 9.98. The third kappa shape index (κ3) is 9.85. The number of aliphatic hydroxyl groups excluding tert-OH is 1. The Morgan fingerprint density at radius 2 is 1.68 bits per heavy atom. The molecule has 3 atom stereocenters. The normalized spacial score (nSPS) is 12.9. The van der Waals surface area contributed by atoms with Gasteiger partial charge in [-0.25, -0.2) is 4.79 Å². The van der Waals surface area contributed by atoms with E-state index in [1.165, 1.54) is 24.3 Å². The van der Waals surface area contributed by atoms with Crippen LogP contribution in [-0.2, 0) is 30.5 Å². The molecule has 0 fully saturated rings. The van der Waals surface area contributed by atoms with Crippen LogP contribution in [0.2, 0.25) is 0 Å². The quantitative estimate of drug-likeness (QED) is 0.158. The molecule has 0 unspecified atom stereocenters. The zero-order valence-corrected chi connectivity index (χ0v) is 20.7. The fraction of sp³-hybridized carbons (Fsp3) is 0.360. The number of primary amides is 1. The molecule has 2 aromatic rings. The molecule has 0 heterocycles. The summed E-state index contributed by atoms with van der Waals surface area (Å²) in [5, 5.41) is 25.9. The van der Waals surface area contributed by atoms with Gasteiger partial charge in [0.1, 0.15) is 12.6 Å². The third-order valence-corrected chi connectivity index (χ3v) is 5.37. The van der Waals surface area contributed by atoms with Crippen LogP contribution in [0.4, 0.5) is 10.5 Å². The number of alkyl carbamates (subject to hydrolysis) is 1. The minimum Gasteiger partial charge on any atom is -0.466 e. The molecule has 0 aliphatic heterocycles. The van der Waals surface area contributed by atoms with E-state index in [0.29, 0.717) is 5.56 Å². The minimum atomic E-state index is -1.40. The van der Waals surface area contributed by atoms with Crippen LogP contribution in [0.15, 0.2) is 54.6 Å². The summed E-state index contributed by atoms with van der Waals surface area (Å²) in [4.78, 5) is 59.3. The van der Waals surface area contributed by atoms with Gasteiger partial charge < -0.3 is 30.9 Å². The second-order valence-corrected chi connectivity index (χ2v) is 8.21. The van der Waals surface area contributed by atoms with E-state index in [-0.39, 0.29) is 31.9 Å². The number of ether oxygens (including phenoxy) is 2. The number of hydrogen-bond donors (Lipinski definition) is 4. The lowest BCUT2D eigenvalue weighted by atomic mass is 9.87. The van der Waals surface area contributed by atoms with Gasteiger partial charge in [0.25, 0.3) is 5.69 Å². The highest BCUT2D eigenvalue weighted by molar-refractivity contribution is 5.88. The van der Waals surface area contributed by atoms with Crippen molar-refractivity contribution in [1.82, 2.24) is 10.6 Å². The number of nitro benzene ring substituents is 1. The number of nitrogens with two attached hydrogens (primary N) is 1. The standard InChI is InChI=1S/C25H30N4O9/c1-2-37-22(32)13-20(17-8-10-18(11-9-17)29(35)36)23(24(26)33)28-21(31)12-19(30)14-27-25(34)38-15-16-6-4-3-5-7-16/h3-11,19-20,23,30H,2,12-15H2,1H3,(H2,26,33)(H,27,34)(H,28,31)/t19-,20+,23-/m1/s1. The summed E-state index contributed by atoms with van der Waals surface area (Å²) in [5.41, 5.74) is 6.40. The Balaban J connectivity index is 2.00. The van der Waals surface area contributed by atoms with Gasteiger partial charge in [-0.2, -0.15) is 0 Å². The summed E-state index contributed by atoms with van der Waals surface area (Å²) in [6.45, 7) is 1.39. The van der Waals surface area contributed by atoms with Crippen LogP contribution >= 0.6 is 0 Å². The fourth-order valence-electron chi connectivity index (χ4n) is 3.53. The first-order valence-corrected chi connectivity index (χ1v) is 11.7. The number of nitrogens with zero attached hydrogens (tertiary/aromatic N) is 1. The summed E-state index contributed by atoms with van der Waals surface area (Å²) in [7, 11) is 0. The van der Waals surface area contributed by atoms with E-state index in [4.69, 9.17) is 15.2 Å². The monoisotopic (exact) mass is 530 g/mol. The molecule has 13 nitrogen and oxygen atoms in total. The number of amides is 3. The van der Waals surface area contributed by atoms with Gasteiger partial charge in [0, 0.05) is 24.6 Å². The van der Waals surface area contributed by atoms with Gasteiger partial charge in [-0.3, -0.25) is 24.5 Å². The number of rotatable bonds is 14. The molecular formula is C25H30N4O9. The maximum Gasteiger partial charge on any atom is 0.407 e. The molecule has 0 aliphatic carbocycles. The second kappa shape index (κ2) is 14.9. The van der Waals surface area contributed by atoms with E-state index in [1.54, 1.807) is 31.2 Å². The van der Waals surface area contributed by atoms with Crippen molar-refractivity contribution in [3.05, 3.63) is 75.8 Å². The topological polar surface area (TPSA) is 200 Å². The van der Waals surface area contributed by atoms with E-state index >= 15 is 0 Å².